The molecule has 0 aromatic heterocycles. The van der Waals surface area contributed by atoms with Crippen molar-refractivity contribution in [1.82, 2.24) is 15.5 Å². The summed E-state index contributed by atoms with van der Waals surface area (Å²) in [5.74, 6) is 0.863. The van der Waals surface area contributed by atoms with E-state index >= 15 is 0 Å². The van der Waals surface area contributed by atoms with Gasteiger partial charge >= 0.3 is 12.1 Å². The van der Waals surface area contributed by atoms with Crippen molar-refractivity contribution in [3.63, 3.8) is 0 Å². The smallest absolute Gasteiger partial charge is 0.408 e. The number of methoxy groups -OCH3 is 1. The van der Waals surface area contributed by atoms with Crippen LogP contribution in [0.5, 0.6) is 0 Å². The highest BCUT2D eigenvalue weighted by Crippen LogP contribution is 2.26. The summed E-state index contributed by atoms with van der Waals surface area (Å²) in [6.45, 7) is 8.64. The number of hydrogen-bond donors (Lipinski definition) is 2. The molecule has 0 bridgehead atoms. The number of terminal acetylenes is 1. The molecule has 2 unspecified atom stereocenters. The zero-order chi connectivity index (χ0) is 27.3. The Balaban J connectivity index is 3.39. The van der Waals surface area contributed by atoms with Gasteiger partial charge in [0, 0.05) is 12.1 Å². The molecule has 0 spiro atoms. The first-order chi connectivity index (χ1) is 16.9. The standard InChI is InChI=1S/C27H39N3O6/c1-8-10-11-14-17-30(25(33)19(3)29-26(34)36-27(4,5)6)23(24(32)28-18-22(31)35-7)21-16-13-12-15-20(21)9-2/h2,12-13,15-16,19,23H,8,10-11,14,17-18H2,1,3-7H3,(H,28,32)(H,29,34). The Morgan fingerprint density at radius 2 is 1.78 bits per heavy atom. The number of unbranched alkanes of at least 4 members (excludes halogenated alkanes) is 3. The lowest BCUT2D eigenvalue weighted by Gasteiger charge is -2.34. The summed E-state index contributed by atoms with van der Waals surface area (Å²) in [6.07, 6.45) is 8.40. The number of ether oxygens (including phenoxy) is 2. The molecule has 3 amide bonds. The summed E-state index contributed by atoms with van der Waals surface area (Å²) >= 11 is 0. The van der Waals surface area contributed by atoms with Gasteiger partial charge in [-0.15, -0.1) is 6.42 Å². The van der Waals surface area contributed by atoms with Gasteiger partial charge in [0.15, 0.2) is 0 Å². The summed E-state index contributed by atoms with van der Waals surface area (Å²) < 4.78 is 9.90. The molecule has 0 aliphatic carbocycles. The third-order valence-electron chi connectivity index (χ3n) is 5.24. The minimum Gasteiger partial charge on any atom is -0.468 e. The van der Waals surface area contributed by atoms with Crippen molar-refractivity contribution >= 4 is 23.9 Å². The van der Waals surface area contributed by atoms with Gasteiger partial charge in [0.25, 0.3) is 0 Å². The van der Waals surface area contributed by atoms with Crippen LogP contribution in [0, 0.1) is 12.3 Å². The highest BCUT2D eigenvalue weighted by Gasteiger charge is 2.35. The Labute approximate surface area is 214 Å². The molecular weight excluding hydrogens is 462 g/mol. The molecule has 1 aromatic rings. The first-order valence-electron chi connectivity index (χ1n) is 12.1. The van der Waals surface area contributed by atoms with Crippen LogP contribution in [-0.2, 0) is 23.9 Å². The van der Waals surface area contributed by atoms with E-state index in [1.165, 1.54) is 18.9 Å². The predicted octanol–water partition coefficient (Wildman–Crippen LogP) is 3.32. The fourth-order valence-electron chi connectivity index (χ4n) is 3.52. The third kappa shape index (κ3) is 9.98. The molecule has 0 aliphatic heterocycles. The normalized spacial score (nSPS) is 12.5. The molecule has 0 saturated heterocycles. The molecule has 0 aliphatic rings. The van der Waals surface area contributed by atoms with Crippen LogP contribution >= 0.6 is 0 Å². The molecule has 198 valence electrons. The lowest BCUT2D eigenvalue weighted by Crippen LogP contribution is -2.52. The van der Waals surface area contributed by atoms with E-state index in [9.17, 15) is 19.2 Å². The number of alkyl carbamates (subject to hydrolysis) is 1. The number of amides is 3. The quantitative estimate of drug-likeness (QED) is 0.258. The highest BCUT2D eigenvalue weighted by molar-refractivity contribution is 5.93. The van der Waals surface area contributed by atoms with Crippen molar-refractivity contribution in [3.8, 4) is 12.3 Å². The second-order valence-electron chi connectivity index (χ2n) is 9.39. The summed E-state index contributed by atoms with van der Waals surface area (Å²) in [5, 5.41) is 5.10. The molecule has 9 heteroatoms. The highest BCUT2D eigenvalue weighted by atomic mass is 16.6. The Hall–Kier alpha value is -3.54. The largest absolute Gasteiger partial charge is 0.468 e. The van der Waals surface area contributed by atoms with Gasteiger partial charge in [-0.1, -0.05) is 50.3 Å². The van der Waals surface area contributed by atoms with Crippen LogP contribution in [0.4, 0.5) is 4.79 Å². The number of carbonyl (C=O) groups is 4. The maximum Gasteiger partial charge on any atom is 0.408 e. The zero-order valence-electron chi connectivity index (χ0n) is 22.2. The number of nitrogens with one attached hydrogen (secondary N) is 2. The van der Waals surface area contributed by atoms with Gasteiger partial charge in [0.05, 0.1) is 7.11 Å². The second kappa shape index (κ2) is 14.8. The van der Waals surface area contributed by atoms with E-state index in [0.29, 0.717) is 17.5 Å². The average Bonchev–Trinajstić information content (AvgIpc) is 2.82. The van der Waals surface area contributed by atoms with Crippen LogP contribution in [0.2, 0.25) is 0 Å². The number of benzene rings is 1. The molecular formula is C27H39N3O6. The summed E-state index contributed by atoms with van der Waals surface area (Å²) in [5.41, 5.74) is 0.139. The third-order valence-corrected chi connectivity index (χ3v) is 5.24. The Morgan fingerprint density at radius 1 is 1.11 bits per heavy atom. The molecule has 0 radical (unpaired) electrons. The van der Waals surface area contributed by atoms with Crippen LogP contribution in [0.15, 0.2) is 24.3 Å². The van der Waals surface area contributed by atoms with Gasteiger partial charge in [-0.2, -0.15) is 0 Å². The SMILES string of the molecule is C#Cc1ccccc1C(C(=O)NCC(=O)OC)N(CCCCCC)C(=O)C(C)NC(=O)OC(C)(C)C. The Kier molecular flexibility index (Phi) is 12.5. The van der Waals surface area contributed by atoms with Gasteiger partial charge < -0.3 is 25.0 Å². The number of hydrogen-bond acceptors (Lipinski definition) is 6. The number of esters is 1. The van der Waals surface area contributed by atoms with Crippen molar-refractivity contribution in [2.75, 3.05) is 20.2 Å². The zero-order valence-corrected chi connectivity index (χ0v) is 22.2. The molecule has 9 nitrogen and oxygen atoms in total. The molecule has 0 heterocycles. The summed E-state index contributed by atoms with van der Waals surface area (Å²) in [6, 6.07) is 4.70. The minimum atomic E-state index is -1.13. The number of rotatable bonds is 12. The van der Waals surface area contributed by atoms with Crippen LogP contribution < -0.4 is 10.6 Å². The Morgan fingerprint density at radius 3 is 2.36 bits per heavy atom. The summed E-state index contributed by atoms with van der Waals surface area (Å²) in [4.78, 5) is 52.5. The van der Waals surface area contributed by atoms with Gasteiger partial charge in [0.2, 0.25) is 11.8 Å². The molecule has 1 aromatic carbocycles. The van der Waals surface area contributed by atoms with Crippen LogP contribution in [0.25, 0.3) is 0 Å². The van der Waals surface area contributed by atoms with E-state index in [1.54, 1.807) is 45.0 Å². The lowest BCUT2D eigenvalue weighted by atomic mass is 9.97. The number of carbonyl (C=O) groups excluding carboxylic acids is 4. The monoisotopic (exact) mass is 501 g/mol. The van der Waals surface area contributed by atoms with Crippen molar-refractivity contribution in [2.45, 2.75) is 78.0 Å². The van der Waals surface area contributed by atoms with Crippen LogP contribution in [0.3, 0.4) is 0 Å². The minimum absolute atomic E-state index is 0.244. The van der Waals surface area contributed by atoms with Gasteiger partial charge in [-0.25, -0.2) is 4.79 Å². The van der Waals surface area contributed by atoms with E-state index in [2.05, 4.69) is 28.2 Å². The second-order valence-corrected chi connectivity index (χ2v) is 9.39. The van der Waals surface area contributed by atoms with Gasteiger partial charge in [-0.05, 0) is 45.7 Å². The molecule has 2 N–H and O–H groups in total. The van der Waals surface area contributed by atoms with Crippen molar-refractivity contribution in [3.05, 3.63) is 35.4 Å². The van der Waals surface area contributed by atoms with Gasteiger partial charge in [0.1, 0.15) is 24.2 Å². The first-order valence-corrected chi connectivity index (χ1v) is 12.1. The van der Waals surface area contributed by atoms with E-state index < -0.39 is 41.6 Å². The predicted molar refractivity (Wildman–Crippen MR) is 137 cm³/mol. The van der Waals surface area contributed by atoms with E-state index in [-0.39, 0.29) is 13.1 Å². The van der Waals surface area contributed by atoms with Crippen molar-refractivity contribution in [1.29, 1.82) is 0 Å². The van der Waals surface area contributed by atoms with Gasteiger partial charge in [-0.3, -0.25) is 14.4 Å². The van der Waals surface area contributed by atoms with Crippen molar-refractivity contribution < 1.29 is 28.7 Å². The van der Waals surface area contributed by atoms with Crippen LogP contribution in [0.1, 0.15) is 77.5 Å². The van der Waals surface area contributed by atoms with Crippen LogP contribution in [-0.4, -0.2) is 60.6 Å². The van der Waals surface area contributed by atoms with E-state index in [0.717, 1.165) is 19.3 Å². The maximum atomic E-state index is 13.7. The maximum absolute atomic E-state index is 13.7. The molecule has 0 saturated carbocycles. The molecule has 36 heavy (non-hydrogen) atoms. The fourth-order valence-corrected chi connectivity index (χ4v) is 3.52. The fraction of sp³-hybridized carbons (Fsp3) is 0.556. The average molecular weight is 502 g/mol. The first kappa shape index (κ1) is 30.5. The number of nitrogens with zero attached hydrogens (tertiary/aromatic N) is 1. The lowest BCUT2D eigenvalue weighted by molar-refractivity contribution is -0.144. The molecule has 0 fully saturated rings. The molecule has 2 atom stereocenters. The van der Waals surface area contributed by atoms with E-state index in [1.807, 2.05) is 0 Å². The Bertz CT molecular complexity index is 948. The van der Waals surface area contributed by atoms with E-state index in [4.69, 9.17) is 11.2 Å². The molecule has 1 rings (SSSR count). The topological polar surface area (TPSA) is 114 Å². The summed E-state index contributed by atoms with van der Waals surface area (Å²) in [7, 11) is 1.22. The van der Waals surface area contributed by atoms with Crippen molar-refractivity contribution in [2.24, 2.45) is 0 Å².